The summed E-state index contributed by atoms with van der Waals surface area (Å²) in [6.07, 6.45) is 0. The Labute approximate surface area is 114 Å². The fraction of sp³-hybridized carbons (Fsp3) is 0.294. The van der Waals surface area contributed by atoms with Crippen LogP contribution in [0.25, 0.3) is 0 Å². The van der Waals surface area contributed by atoms with Crippen LogP contribution in [0.4, 0.5) is 0 Å². The zero-order valence-corrected chi connectivity index (χ0v) is 11.1. The lowest BCUT2D eigenvalue weighted by atomic mass is 9.90. The van der Waals surface area contributed by atoms with Gasteiger partial charge in [0.25, 0.3) is 0 Å². The van der Waals surface area contributed by atoms with Gasteiger partial charge in [0, 0.05) is 13.1 Å². The highest BCUT2D eigenvalue weighted by atomic mass is 15.2. The van der Waals surface area contributed by atoms with Crippen LogP contribution in [-0.2, 0) is 0 Å². The molecule has 0 aliphatic carbocycles. The molecule has 0 bridgehead atoms. The summed E-state index contributed by atoms with van der Waals surface area (Å²) >= 11 is 0. The van der Waals surface area contributed by atoms with Gasteiger partial charge in [-0.25, -0.2) is 0 Å². The number of nitrogens with two attached hydrogens (primary N) is 1. The van der Waals surface area contributed by atoms with Gasteiger partial charge in [-0.3, -0.25) is 4.90 Å². The Morgan fingerprint density at radius 3 is 1.79 bits per heavy atom. The summed E-state index contributed by atoms with van der Waals surface area (Å²) in [5, 5.41) is 0. The number of nitrogens with zero attached hydrogens (tertiary/aromatic N) is 1. The fourth-order valence-electron chi connectivity index (χ4n) is 2.85. The molecule has 2 aromatic rings. The minimum absolute atomic E-state index is 0.366. The average molecular weight is 252 g/mol. The van der Waals surface area contributed by atoms with E-state index in [1.165, 1.54) is 11.1 Å². The van der Waals surface area contributed by atoms with Gasteiger partial charge in [0.1, 0.15) is 0 Å². The molecule has 1 aliphatic heterocycles. The Balaban J connectivity index is 1.89. The molecular weight excluding hydrogens is 232 g/mol. The summed E-state index contributed by atoms with van der Waals surface area (Å²) in [6, 6.07) is 21.8. The number of likely N-dealkylation sites (tertiary alicyclic amines) is 1. The van der Waals surface area contributed by atoms with Gasteiger partial charge >= 0.3 is 0 Å². The van der Waals surface area contributed by atoms with Crippen LogP contribution in [0.2, 0.25) is 0 Å². The quantitative estimate of drug-likeness (QED) is 0.906. The predicted octanol–water partition coefficient (Wildman–Crippen LogP) is 2.67. The van der Waals surface area contributed by atoms with E-state index in [4.69, 9.17) is 5.73 Å². The van der Waals surface area contributed by atoms with Crippen LogP contribution < -0.4 is 5.73 Å². The molecule has 0 aromatic heterocycles. The van der Waals surface area contributed by atoms with Crippen LogP contribution in [0.15, 0.2) is 60.7 Å². The second-order valence-electron chi connectivity index (χ2n) is 5.28. The summed E-state index contributed by atoms with van der Waals surface area (Å²) in [6.45, 7) is 3.00. The van der Waals surface area contributed by atoms with E-state index >= 15 is 0 Å². The molecule has 2 nitrogen and oxygen atoms in total. The number of hydrogen-bond acceptors (Lipinski definition) is 2. The predicted molar refractivity (Wildman–Crippen MR) is 78.8 cm³/mol. The van der Waals surface area contributed by atoms with Crippen molar-refractivity contribution in [3.63, 3.8) is 0 Å². The first-order valence-electron chi connectivity index (χ1n) is 6.92. The minimum atomic E-state index is 0.366. The first-order valence-corrected chi connectivity index (χ1v) is 6.92. The maximum absolute atomic E-state index is 5.75. The van der Waals surface area contributed by atoms with Crippen molar-refractivity contribution in [2.24, 2.45) is 11.7 Å². The van der Waals surface area contributed by atoms with Crippen molar-refractivity contribution in [3.05, 3.63) is 71.8 Å². The van der Waals surface area contributed by atoms with Crippen molar-refractivity contribution in [2.45, 2.75) is 6.04 Å². The Hall–Kier alpha value is -1.64. The lowest BCUT2D eigenvalue weighted by Gasteiger charge is -2.44. The monoisotopic (exact) mass is 252 g/mol. The van der Waals surface area contributed by atoms with E-state index < -0.39 is 0 Å². The van der Waals surface area contributed by atoms with Crippen LogP contribution in [0.5, 0.6) is 0 Å². The van der Waals surface area contributed by atoms with E-state index in [0.29, 0.717) is 12.0 Å². The molecule has 0 spiro atoms. The highest BCUT2D eigenvalue weighted by Crippen LogP contribution is 2.33. The van der Waals surface area contributed by atoms with Gasteiger partial charge in [-0.05, 0) is 23.6 Å². The van der Waals surface area contributed by atoms with Crippen LogP contribution in [0.3, 0.4) is 0 Å². The van der Waals surface area contributed by atoms with Gasteiger partial charge in [-0.15, -0.1) is 0 Å². The highest BCUT2D eigenvalue weighted by Gasteiger charge is 2.32. The molecule has 98 valence electrons. The van der Waals surface area contributed by atoms with Gasteiger partial charge in [0.05, 0.1) is 6.04 Å². The van der Waals surface area contributed by atoms with E-state index in [9.17, 15) is 0 Å². The standard InChI is InChI=1S/C17H20N2/c18-11-14-12-19(13-14)17(15-7-3-1-4-8-15)16-9-5-2-6-10-16/h1-10,14,17H,11-13,18H2. The highest BCUT2D eigenvalue weighted by molar-refractivity contribution is 5.32. The normalized spacial score (nSPS) is 16.5. The van der Waals surface area contributed by atoms with E-state index in [0.717, 1.165) is 19.6 Å². The fourth-order valence-corrected chi connectivity index (χ4v) is 2.85. The maximum Gasteiger partial charge on any atom is 0.0602 e. The molecule has 0 saturated carbocycles. The van der Waals surface area contributed by atoms with E-state index in [1.807, 2.05) is 0 Å². The van der Waals surface area contributed by atoms with Gasteiger partial charge in [-0.2, -0.15) is 0 Å². The Morgan fingerprint density at radius 1 is 0.895 bits per heavy atom. The second-order valence-corrected chi connectivity index (χ2v) is 5.28. The molecule has 0 radical (unpaired) electrons. The third kappa shape index (κ3) is 2.55. The minimum Gasteiger partial charge on any atom is -0.330 e. The van der Waals surface area contributed by atoms with Gasteiger partial charge in [-0.1, -0.05) is 60.7 Å². The molecule has 0 unspecified atom stereocenters. The summed E-state index contributed by atoms with van der Waals surface area (Å²) < 4.78 is 0. The van der Waals surface area contributed by atoms with Gasteiger partial charge in [0.15, 0.2) is 0 Å². The molecule has 0 amide bonds. The molecule has 1 saturated heterocycles. The molecule has 3 rings (SSSR count). The molecule has 0 atom stereocenters. The lowest BCUT2D eigenvalue weighted by molar-refractivity contribution is 0.0737. The van der Waals surface area contributed by atoms with Crippen molar-refractivity contribution >= 4 is 0 Å². The summed E-state index contributed by atoms with van der Waals surface area (Å²) in [4.78, 5) is 2.52. The van der Waals surface area contributed by atoms with Crippen molar-refractivity contribution in [1.29, 1.82) is 0 Å². The van der Waals surface area contributed by atoms with Crippen LogP contribution in [0, 0.1) is 5.92 Å². The van der Waals surface area contributed by atoms with Crippen LogP contribution >= 0.6 is 0 Å². The third-order valence-electron chi connectivity index (χ3n) is 3.91. The topological polar surface area (TPSA) is 29.3 Å². The number of hydrogen-bond donors (Lipinski definition) is 1. The average Bonchev–Trinajstić information content (AvgIpc) is 2.44. The molecule has 2 N–H and O–H groups in total. The molecule has 2 heteroatoms. The van der Waals surface area contributed by atoms with E-state index in [2.05, 4.69) is 65.6 Å². The third-order valence-corrected chi connectivity index (χ3v) is 3.91. The zero-order chi connectivity index (χ0) is 13.1. The van der Waals surface area contributed by atoms with Crippen LogP contribution in [-0.4, -0.2) is 24.5 Å². The lowest BCUT2D eigenvalue weighted by Crippen LogP contribution is -2.51. The van der Waals surface area contributed by atoms with Crippen molar-refractivity contribution < 1.29 is 0 Å². The molecule has 2 aromatic carbocycles. The number of rotatable bonds is 4. The summed E-state index contributed by atoms with van der Waals surface area (Å²) in [7, 11) is 0. The number of benzene rings is 2. The zero-order valence-electron chi connectivity index (χ0n) is 11.1. The summed E-state index contributed by atoms with van der Waals surface area (Å²) in [5.74, 6) is 0.662. The molecular formula is C17H20N2. The largest absolute Gasteiger partial charge is 0.330 e. The first-order chi connectivity index (χ1) is 9.38. The van der Waals surface area contributed by atoms with Gasteiger partial charge in [0.2, 0.25) is 0 Å². The molecule has 1 fully saturated rings. The van der Waals surface area contributed by atoms with E-state index in [1.54, 1.807) is 0 Å². The molecule has 1 aliphatic rings. The smallest absolute Gasteiger partial charge is 0.0602 e. The molecule has 1 heterocycles. The Bertz CT molecular complexity index is 464. The second kappa shape index (κ2) is 5.55. The maximum atomic E-state index is 5.75. The van der Waals surface area contributed by atoms with Crippen molar-refractivity contribution in [2.75, 3.05) is 19.6 Å². The van der Waals surface area contributed by atoms with Crippen LogP contribution in [0.1, 0.15) is 17.2 Å². The van der Waals surface area contributed by atoms with Gasteiger partial charge < -0.3 is 5.73 Å². The SMILES string of the molecule is NCC1CN(C(c2ccccc2)c2ccccc2)C1. The Kier molecular flexibility index (Phi) is 3.62. The van der Waals surface area contributed by atoms with Crippen molar-refractivity contribution in [1.82, 2.24) is 4.90 Å². The first kappa shape index (κ1) is 12.4. The summed E-state index contributed by atoms with van der Waals surface area (Å²) in [5.41, 5.74) is 8.48. The van der Waals surface area contributed by atoms with E-state index in [-0.39, 0.29) is 0 Å². The van der Waals surface area contributed by atoms with Crippen molar-refractivity contribution in [3.8, 4) is 0 Å². The Morgan fingerprint density at radius 2 is 1.37 bits per heavy atom. The molecule has 19 heavy (non-hydrogen) atoms.